The Morgan fingerprint density at radius 3 is 2.71 bits per heavy atom. The molecule has 2 unspecified atom stereocenters. The lowest BCUT2D eigenvalue weighted by Gasteiger charge is -2.23. The van der Waals surface area contributed by atoms with E-state index in [0.717, 1.165) is 19.4 Å². The molecule has 1 fully saturated rings. The molecule has 0 amide bonds. The molecule has 0 spiro atoms. The van der Waals surface area contributed by atoms with E-state index < -0.39 is 21.2 Å². The normalized spacial score (nSPS) is 22.7. The maximum absolute atomic E-state index is 12.0. The molecule has 0 aromatic carbocycles. The van der Waals surface area contributed by atoms with Crippen LogP contribution in [-0.4, -0.2) is 57.2 Å². The van der Waals surface area contributed by atoms with Crippen molar-refractivity contribution in [2.24, 2.45) is 0 Å². The van der Waals surface area contributed by atoms with E-state index in [1.165, 1.54) is 25.4 Å². The number of hydrogen-bond donors (Lipinski definition) is 1. The Kier molecular flexibility index (Phi) is 4.91. The molecule has 1 heterocycles. The Balaban J connectivity index is 2.65. The number of carbonyl (C=O) groups is 1. The van der Waals surface area contributed by atoms with Crippen molar-refractivity contribution in [2.45, 2.75) is 31.1 Å². The van der Waals surface area contributed by atoms with Gasteiger partial charge >= 0.3 is 5.97 Å². The third kappa shape index (κ3) is 3.40. The van der Waals surface area contributed by atoms with Crippen LogP contribution in [0.25, 0.3) is 0 Å². The number of hydrogen-bond acceptors (Lipinski definition) is 5. The summed E-state index contributed by atoms with van der Waals surface area (Å²) < 4.78 is 29.7. The second kappa shape index (κ2) is 5.79. The van der Waals surface area contributed by atoms with Crippen molar-refractivity contribution in [1.29, 1.82) is 0 Å². The Morgan fingerprint density at radius 2 is 2.24 bits per heavy atom. The topological polar surface area (TPSA) is 75.7 Å². The number of nitrogens with one attached hydrogen (secondary N) is 1. The third-order valence-electron chi connectivity index (χ3n) is 3.05. The summed E-state index contributed by atoms with van der Waals surface area (Å²) in [6, 6.07) is 0.180. The number of ether oxygens (including phenoxy) is 1. The first-order valence-electron chi connectivity index (χ1n) is 5.66. The average molecular weight is 264 g/mol. The number of methoxy groups -OCH3 is 1. The van der Waals surface area contributed by atoms with Gasteiger partial charge in [-0.15, -0.1) is 0 Å². The molecule has 1 N–H and O–H groups in total. The highest BCUT2D eigenvalue weighted by Gasteiger charge is 2.33. The van der Waals surface area contributed by atoms with Gasteiger partial charge in [0, 0.05) is 19.6 Å². The van der Waals surface area contributed by atoms with Gasteiger partial charge in [-0.2, -0.15) is 0 Å². The molecule has 0 aromatic rings. The lowest BCUT2D eigenvalue weighted by molar-refractivity contribution is -0.139. The largest absolute Gasteiger partial charge is 0.468 e. The van der Waals surface area contributed by atoms with Crippen molar-refractivity contribution >= 4 is 16.0 Å². The summed E-state index contributed by atoms with van der Waals surface area (Å²) >= 11 is 0. The minimum atomic E-state index is -3.62. The predicted molar refractivity (Wildman–Crippen MR) is 64.1 cm³/mol. The van der Waals surface area contributed by atoms with E-state index >= 15 is 0 Å². The predicted octanol–water partition coefficient (Wildman–Crippen LogP) is -0.438. The van der Waals surface area contributed by atoms with Crippen molar-refractivity contribution in [3.8, 4) is 0 Å². The summed E-state index contributed by atoms with van der Waals surface area (Å²) in [5.41, 5.74) is 0. The molecule has 1 aliphatic rings. The van der Waals surface area contributed by atoms with Crippen LogP contribution in [0, 0.1) is 0 Å². The van der Waals surface area contributed by atoms with Gasteiger partial charge in [0.25, 0.3) is 0 Å². The van der Waals surface area contributed by atoms with Crippen molar-refractivity contribution < 1.29 is 17.9 Å². The minimum Gasteiger partial charge on any atom is -0.468 e. The molecule has 100 valence electrons. The van der Waals surface area contributed by atoms with Crippen LogP contribution in [0.2, 0.25) is 0 Å². The standard InChI is InChI=1S/C10H20N2O4S/c1-8(10(13)16-3)17(14,15)12(2)7-9-5-4-6-11-9/h8-9,11H,4-7H2,1-3H3. The fourth-order valence-electron chi connectivity index (χ4n) is 1.88. The van der Waals surface area contributed by atoms with Crippen LogP contribution in [0.4, 0.5) is 0 Å². The summed E-state index contributed by atoms with van der Waals surface area (Å²) in [5, 5.41) is 2.07. The van der Waals surface area contributed by atoms with E-state index in [0.29, 0.717) is 6.54 Å². The molecule has 0 bridgehead atoms. The number of likely N-dealkylation sites (N-methyl/N-ethyl adjacent to an activating group) is 1. The number of esters is 1. The second-order valence-electron chi connectivity index (χ2n) is 4.28. The molecule has 0 radical (unpaired) electrons. The lowest BCUT2D eigenvalue weighted by atomic mass is 10.2. The van der Waals surface area contributed by atoms with E-state index in [-0.39, 0.29) is 6.04 Å². The van der Waals surface area contributed by atoms with Gasteiger partial charge < -0.3 is 10.1 Å². The molecule has 0 aromatic heterocycles. The molecule has 0 aliphatic carbocycles. The van der Waals surface area contributed by atoms with Gasteiger partial charge in [-0.1, -0.05) is 0 Å². The molecule has 0 saturated carbocycles. The van der Waals surface area contributed by atoms with Crippen LogP contribution in [0.5, 0.6) is 0 Å². The van der Waals surface area contributed by atoms with Crippen LogP contribution in [-0.2, 0) is 19.6 Å². The fourth-order valence-corrected chi connectivity index (χ4v) is 3.15. The van der Waals surface area contributed by atoms with Crippen molar-refractivity contribution in [3.63, 3.8) is 0 Å². The van der Waals surface area contributed by atoms with Crippen molar-refractivity contribution in [1.82, 2.24) is 9.62 Å². The van der Waals surface area contributed by atoms with Gasteiger partial charge in [0.1, 0.15) is 0 Å². The number of carbonyl (C=O) groups excluding carboxylic acids is 1. The molecule has 1 rings (SSSR count). The first-order valence-corrected chi connectivity index (χ1v) is 7.16. The van der Waals surface area contributed by atoms with Crippen molar-refractivity contribution in [2.75, 3.05) is 27.2 Å². The van der Waals surface area contributed by atoms with Crippen molar-refractivity contribution in [3.05, 3.63) is 0 Å². The maximum Gasteiger partial charge on any atom is 0.325 e. The van der Waals surface area contributed by atoms with E-state index in [4.69, 9.17) is 0 Å². The zero-order valence-electron chi connectivity index (χ0n) is 10.5. The zero-order valence-corrected chi connectivity index (χ0v) is 11.3. The molecular weight excluding hydrogens is 244 g/mol. The monoisotopic (exact) mass is 264 g/mol. The van der Waals surface area contributed by atoms with Crippen LogP contribution in [0.1, 0.15) is 19.8 Å². The first-order chi connectivity index (χ1) is 7.89. The van der Waals surface area contributed by atoms with Gasteiger partial charge in [-0.3, -0.25) is 4.79 Å². The smallest absolute Gasteiger partial charge is 0.325 e. The van der Waals surface area contributed by atoms with Gasteiger partial charge in [-0.05, 0) is 26.3 Å². The minimum absolute atomic E-state index is 0.180. The summed E-state index contributed by atoms with van der Waals surface area (Å²) in [4.78, 5) is 11.3. The van der Waals surface area contributed by atoms with E-state index in [9.17, 15) is 13.2 Å². The first kappa shape index (κ1) is 14.4. The second-order valence-corrected chi connectivity index (χ2v) is 6.64. The van der Waals surface area contributed by atoms with E-state index in [2.05, 4.69) is 10.1 Å². The molecule has 6 nitrogen and oxygen atoms in total. The average Bonchev–Trinajstić information content (AvgIpc) is 2.79. The fraction of sp³-hybridized carbons (Fsp3) is 0.900. The van der Waals surface area contributed by atoms with Crippen LogP contribution < -0.4 is 5.32 Å². The van der Waals surface area contributed by atoms with E-state index in [1.54, 1.807) is 0 Å². The lowest BCUT2D eigenvalue weighted by Crippen LogP contribution is -2.44. The Hall–Kier alpha value is -0.660. The Bertz CT molecular complexity index is 363. The summed E-state index contributed by atoms with van der Waals surface area (Å²) in [7, 11) is -0.937. The van der Waals surface area contributed by atoms with Crippen LogP contribution in [0.15, 0.2) is 0 Å². The highest BCUT2D eigenvalue weighted by atomic mass is 32.2. The molecular formula is C10H20N2O4S. The third-order valence-corrected chi connectivity index (χ3v) is 5.16. The molecule has 2 atom stereocenters. The summed E-state index contributed by atoms with van der Waals surface area (Å²) in [5.74, 6) is -0.726. The molecule has 17 heavy (non-hydrogen) atoms. The molecule has 7 heteroatoms. The Labute approximate surface area is 102 Å². The number of sulfonamides is 1. The quantitative estimate of drug-likeness (QED) is 0.681. The van der Waals surface area contributed by atoms with Crippen LogP contribution in [0.3, 0.4) is 0 Å². The number of nitrogens with zero attached hydrogens (tertiary/aromatic N) is 1. The SMILES string of the molecule is COC(=O)C(C)S(=O)(=O)N(C)CC1CCCN1. The van der Waals surface area contributed by atoms with Gasteiger partial charge in [0.2, 0.25) is 10.0 Å². The van der Waals surface area contributed by atoms with Gasteiger partial charge in [0.05, 0.1) is 7.11 Å². The van der Waals surface area contributed by atoms with Gasteiger partial charge in [0.15, 0.2) is 5.25 Å². The van der Waals surface area contributed by atoms with Crippen LogP contribution >= 0.6 is 0 Å². The molecule has 1 saturated heterocycles. The van der Waals surface area contributed by atoms with Gasteiger partial charge in [-0.25, -0.2) is 12.7 Å². The zero-order chi connectivity index (χ0) is 13.1. The highest BCUT2D eigenvalue weighted by Crippen LogP contribution is 2.12. The molecule has 1 aliphatic heterocycles. The Morgan fingerprint density at radius 1 is 1.59 bits per heavy atom. The van der Waals surface area contributed by atoms with E-state index in [1.807, 2.05) is 0 Å². The summed E-state index contributed by atoms with van der Waals surface area (Å²) in [6.07, 6.45) is 2.03. The number of rotatable bonds is 5. The maximum atomic E-state index is 12.0. The summed E-state index contributed by atoms with van der Waals surface area (Å²) in [6.45, 7) is 2.66. The highest BCUT2D eigenvalue weighted by molar-refractivity contribution is 7.90.